The summed E-state index contributed by atoms with van der Waals surface area (Å²) in [4.78, 5) is 17.0. The number of aromatic nitrogens is 1. The average molecular weight is 258 g/mol. The highest BCUT2D eigenvalue weighted by atomic mass is 19.4. The number of Topliss-reactive ketones (excluding diaryl/α,β-unsaturated/α-hetero) is 1. The highest BCUT2D eigenvalue weighted by Gasteiger charge is 2.33. The molecule has 0 spiro atoms. The van der Waals surface area contributed by atoms with Crippen LogP contribution in [-0.2, 0) is 11.0 Å². The monoisotopic (exact) mass is 258 g/mol. The van der Waals surface area contributed by atoms with Crippen molar-refractivity contribution in [1.82, 2.24) is 4.98 Å². The first kappa shape index (κ1) is 12.9. The van der Waals surface area contributed by atoms with Gasteiger partial charge in [0.2, 0.25) is 0 Å². The van der Waals surface area contributed by atoms with Crippen molar-refractivity contribution in [3.8, 4) is 0 Å². The van der Waals surface area contributed by atoms with E-state index in [0.29, 0.717) is 13.0 Å². The normalized spacial score (nSPS) is 20.2. The SMILES string of the molecule is CC(=O)C1CCCN1c1cc(C(F)(F)F)ccn1. The van der Waals surface area contributed by atoms with Crippen molar-refractivity contribution in [2.24, 2.45) is 0 Å². The van der Waals surface area contributed by atoms with Crippen LogP contribution in [0.1, 0.15) is 25.3 Å². The Morgan fingerprint density at radius 1 is 1.50 bits per heavy atom. The molecule has 1 saturated heterocycles. The van der Waals surface area contributed by atoms with E-state index >= 15 is 0 Å². The molecular formula is C12H13F3N2O. The van der Waals surface area contributed by atoms with Gasteiger partial charge >= 0.3 is 6.18 Å². The van der Waals surface area contributed by atoms with Gasteiger partial charge in [-0.3, -0.25) is 4.79 Å². The van der Waals surface area contributed by atoms with Gasteiger partial charge in [-0.2, -0.15) is 13.2 Å². The summed E-state index contributed by atoms with van der Waals surface area (Å²) in [6.45, 7) is 2.02. The second kappa shape index (κ2) is 4.59. The number of ketones is 1. The Kier molecular flexibility index (Phi) is 3.28. The Labute approximate surface area is 103 Å². The van der Waals surface area contributed by atoms with Crippen LogP contribution in [0.3, 0.4) is 0 Å². The molecule has 1 aliphatic rings. The second-order valence-electron chi connectivity index (χ2n) is 4.36. The molecule has 18 heavy (non-hydrogen) atoms. The predicted molar refractivity (Wildman–Crippen MR) is 60.3 cm³/mol. The fourth-order valence-corrected chi connectivity index (χ4v) is 2.22. The summed E-state index contributed by atoms with van der Waals surface area (Å²) < 4.78 is 37.8. The molecule has 0 saturated carbocycles. The lowest BCUT2D eigenvalue weighted by molar-refractivity contribution is -0.137. The van der Waals surface area contributed by atoms with Crippen LogP contribution in [0, 0.1) is 0 Å². The molecule has 0 aromatic carbocycles. The largest absolute Gasteiger partial charge is 0.416 e. The Morgan fingerprint density at radius 2 is 2.22 bits per heavy atom. The van der Waals surface area contributed by atoms with Gasteiger partial charge in [0.1, 0.15) is 5.82 Å². The molecule has 0 radical (unpaired) electrons. The van der Waals surface area contributed by atoms with E-state index in [1.165, 1.54) is 6.92 Å². The van der Waals surface area contributed by atoms with Crippen molar-refractivity contribution in [3.63, 3.8) is 0 Å². The lowest BCUT2D eigenvalue weighted by Gasteiger charge is -2.24. The number of alkyl halides is 3. The zero-order chi connectivity index (χ0) is 13.3. The lowest BCUT2D eigenvalue weighted by Crippen LogP contribution is -2.35. The van der Waals surface area contributed by atoms with E-state index in [4.69, 9.17) is 0 Å². The number of pyridine rings is 1. The van der Waals surface area contributed by atoms with Crippen molar-refractivity contribution in [3.05, 3.63) is 23.9 Å². The summed E-state index contributed by atoms with van der Waals surface area (Å²) >= 11 is 0. The molecule has 1 atom stereocenters. The number of halogens is 3. The van der Waals surface area contributed by atoms with Gasteiger partial charge in [-0.05, 0) is 31.9 Å². The molecule has 0 N–H and O–H groups in total. The Balaban J connectivity index is 2.31. The quantitative estimate of drug-likeness (QED) is 0.817. The number of hydrogen-bond acceptors (Lipinski definition) is 3. The highest BCUT2D eigenvalue weighted by Crippen LogP contribution is 2.32. The minimum absolute atomic E-state index is 0.0355. The van der Waals surface area contributed by atoms with Crippen LogP contribution in [0.15, 0.2) is 18.3 Å². The predicted octanol–water partition coefficient (Wildman–Crippen LogP) is 2.66. The fourth-order valence-electron chi connectivity index (χ4n) is 2.22. The maximum absolute atomic E-state index is 12.6. The Bertz CT molecular complexity index is 459. The molecule has 98 valence electrons. The van der Waals surface area contributed by atoms with Gasteiger partial charge < -0.3 is 4.90 Å². The van der Waals surface area contributed by atoms with E-state index < -0.39 is 11.7 Å². The van der Waals surface area contributed by atoms with E-state index in [1.54, 1.807) is 4.90 Å². The number of carbonyl (C=O) groups excluding carboxylic acids is 1. The highest BCUT2D eigenvalue weighted by molar-refractivity contribution is 5.85. The third-order valence-corrected chi connectivity index (χ3v) is 3.09. The van der Waals surface area contributed by atoms with Gasteiger partial charge in [-0.15, -0.1) is 0 Å². The topological polar surface area (TPSA) is 33.2 Å². The summed E-state index contributed by atoms with van der Waals surface area (Å²) in [5.74, 6) is 0.189. The smallest absolute Gasteiger partial charge is 0.347 e. The van der Waals surface area contributed by atoms with Gasteiger partial charge in [0.25, 0.3) is 0 Å². The molecule has 0 amide bonds. The van der Waals surface area contributed by atoms with Gasteiger partial charge in [-0.1, -0.05) is 0 Å². The molecule has 2 heterocycles. The van der Waals surface area contributed by atoms with Crippen molar-refractivity contribution >= 4 is 11.6 Å². The maximum Gasteiger partial charge on any atom is 0.416 e. The molecule has 0 aliphatic carbocycles. The fraction of sp³-hybridized carbons (Fsp3) is 0.500. The third kappa shape index (κ3) is 2.47. The lowest BCUT2D eigenvalue weighted by atomic mass is 10.1. The molecule has 1 aromatic rings. The van der Waals surface area contributed by atoms with Crippen LogP contribution in [0.25, 0.3) is 0 Å². The molecule has 1 aromatic heterocycles. The zero-order valence-electron chi connectivity index (χ0n) is 9.87. The molecule has 0 bridgehead atoms. The van der Waals surface area contributed by atoms with Gasteiger partial charge in [0, 0.05) is 12.7 Å². The van der Waals surface area contributed by atoms with Crippen molar-refractivity contribution in [1.29, 1.82) is 0 Å². The number of carbonyl (C=O) groups is 1. The average Bonchev–Trinajstić information content (AvgIpc) is 2.77. The molecule has 2 rings (SSSR count). The van der Waals surface area contributed by atoms with E-state index in [2.05, 4.69) is 4.98 Å². The number of nitrogens with zero attached hydrogens (tertiary/aromatic N) is 2. The molecule has 1 fully saturated rings. The van der Waals surface area contributed by atoms with Gasteiger partial charge in [-0.25, -0.2) is 4.98 Å². The summed E-state index contributed by atoms with van der Waals surface area (Å²) in [6, 6.07) is 1.59. The van der Waals surface area contributed by atoms with Crippen molar-refractivity contribution in [2.45, 2.75) is 32.0 Å². The van der Waals surface area contributed by atoms with Crippen LogP contribution in [-0.4, -0.2) is 23.4 Å². The van der Waals surface area contributed by atoms with E-state index in [0.717, 1.165) is 24.8 Å². The molecule has 1 aliphatic heterocycles. The first-order chi connectivity index (χ1) is 8.39. The van der Waals surface area contributed by atoms with Crippen LogP contribution in [0.4, 0.5) is 19.0 Å². The zero-order valence-corrected chi connectivity index (χ0v) is 9.87. The van der Waals surface area contributed by atoms with Crippen LogP contribution in [0.5, 0.6) is 0 Å². The van der Waals surface area contributed by atoms with Gasteiger partial charge in [0.15, 0.2) is 5.78 Å². The van der Waals surface area contributed by atoms with Gasteiger partial charge in [0.05, 0.1) is 11.6 Å². The maximum atomic E-state index is 12.6. The van der Waals surface area contributed by atoms with Crippen LogP contribution >= 0.6 is 0 Å². The molecule has 3 nitrogen and oxygen atoms in total. The first-order valence-corrected chi connectivity index (χ1v) is 5.70. The molecule has 6 heteroatoms. The van der Waals surface area contributed by atoms with E-state index in [9.17, 15) is 18.0 Å². The van der Waals surface area contributed by atoms with Crippen molar-refractivity contribution < 1.29 is 18.0 Å². The number of anilines is 1. The summed E-state index contributed by atoms with van der Waals surface area (Å²) in [7, 11) is 0. The van der Waals surface area contributed by atoms with Crippen molar-refractivity contribution in [2.75, 3.05) is 11.4 Å². The third-order valence-electron chi connectivity index (χ3n) is 3.09. The summed E-state index contributed by atoms with van der Waals surface area (Å²) in [5.41, 5.74) is -0.735. The minimum Gasteiger partial charge on any atom is -0.347 e. The summed E-state index contributed by atoms with van der Waals surface area (Å²) in [5, 5.41) is 0. The van der Waals surface area contributed by atoms with E-state index in [1.807, 2.05) is 0 Å². The minimum atomic E-state index is -4.39. The Morgan fingerprint density at radius 3 is 2.83 bits per heavy atom. The number of hydrogen-bond donors (Lipinski definition) is 0. The van der Waals surface area contributed by atoms with Crippen LogP contribution in [0.2, 0.25) is 0 Å². The first-order valence-electron chi connectivity index (χ1n) is 5.70. The molecule has 1 unspecified atom stereocenters. The molecular weight excluding hydrogens is 245 g/mol. The second-order valence-corrected chi connectivity index (χ2v) is 4.36. The standard InChI is InChI=1S/C12H13F3N2O/c1-8(18)10-3-2-6-17(10)11-7-9(4-5-16-11)12(13,14)15/h4-5,7,10H,2-3,6H2,1H3. The Hall–Kier alpha value is -1.59. The van der Waals surface area contributed by atoms with E-state index in [-0.39, 0.29) is 17.6 Å². The van der Waals surface area contributed by atoms with Crippen LogP contribution < -0.4 is 4.90 Å². The number of rotatable bonds is 2. The summed E-state index contributed by atoms with van der Waals surface area (Å²) in [6.07, 6.45) is -1.79.